The Morgan fingerprint density at radius 3 is 2.79 bits per heavy atom. The van der Waals surface area contributed by atoms with Crippen molar-refractivity contribution in [2.45, 2.75) is 13.0 Å². The number of rotatable bonds is 8. The fraction of sp³-hybridized carbons (Fsp3) is 0.538. The van der Waals surface area contributed by atoms with Gasteiger partial charge in [-0.25, -0.2) is 4.79 Å². The van der Waals surface area contributed by atoms with Crippen LogP contribution in [0.2, 0.25) is 0 Å². The topological polar surface area (TPSA) is 71.9 Å². The molecule has 106 valence electrons. The maximum absolute atomic E-state index is 11.3. The zero-order valence-corrected chi connectivity index (χ0v) is 11.5. The molecule has 0 saturated heterocycles. The van der Waals surface area contributed by atoms with Crippen molar-refractivity contribution in [1.82, 2.24) is 4.98 Å². The Hall–Kier alpha value is -1.66. The van der Waals surface area contributed by atoms with E-state index in [9.17, 15) is 9.90 Å². The largest absolute Gasteiger partial charge is 0.478 e. The molecule has 1 N–H and O–H groups in total. The predicted octanol–water partition coefficient (Wildman–Crippen LogP) is 1.27. The predicted molar refractivity (Wildman–Crippen MR) is 71.8 cm³/mol. The smallest absolute Gasteiger partial charge is 0.339 e. The summed E-state index contributed by atoms with van der Waals surface area (Å²) in [4.78, 5) is 17.1. The van der Waals surface area contributed by atoms with E-state index in [-0.39, 0.29) is 11.6 Å². The monoisotopic (exact) mass is 268 g/mol. The van der Waals surface area contributed by atoms with Crippen LogP contribution in [-0.4, -0.2) is 56.1 Å². The van der Waals surface area contributed by atoms with Crippen molar-refractivity contribution in [2.24, 2.45) is 0 Å². The Labute approximate surface area is 113 Å². The van der Waals surface area contributed by atoms with E-state index < -0.39 is 5.97 Å². The lowest BCUT2D eigenvalue weighted by molar-refractivity contribution is 0.0696. The Kier molecular flexibility index (Phi) is 6.24. The number of anilines is 1. The summed E-state index contributed by atoms with van der Waals surface area (Å²) < 4.78 is 10.2. The molecule has 0 aliphatic heterocycles. The van der Waals surface area contributed by atoms with Crippen LogP contribution in [0.15, 0.2) is 18.5 Å². The highest BCUT2D eigenvalue weighted by Gasteiger charge is 2.20. The van der Waals surface area contributed by atoms with Gasteiger partial charge < -0.3 is 19.5 Å². The number of methoxy groups -OCH3 is 2. The molecule has 1 aromatic heterocycles. The van der Waals surface area contributed by atoms with Crippen LogP contribution < -0.4 is 4.90 Å². The molecule has 0 saturated carbocycles. The van der Waals surface area contributed by atoms with E-state index in [2.05, 4.69) is 4.98 Å². The number of ether oxygens (including phenoxy) is 2. The molecule has 1 atom stereocenters. The third-order valence-electron chi connectivity index (χ3n) is 2.81. The Balaban J connectivity index is 3.05. The number of carbonyl (C=O) groups is 1. The molecular formula is C13H20N2O4. The molecule has 0 spiro atoms. The number of aromatic carboxylic acids is 1. The highest BCUT2D eigenvalue weighted by Crippen LogP contribution is 2.21. The fourth-order valence-electron chi connectivity index (χ4n) is 1.90. The summed E-state index contributed by atoms with van der Waals surface area (Å²) in [5, 5.41) is 9.22. The first-order valence-corrected chi connectivity index (χ1v) is 6.03. The van der Waals surface area contributed by atoms with Crippen molar-refractivity contribution in [3.8, 4) is 0 Å². The first-order valence-electron chi connectivity index (χ1n) is 6.03. The summed E-state index contributed by atoms with van der Waals surface area (Å²) >= 11 is 0. The second-order valence-corrected chi connectivity index (χ2v) is 4.19. The number of carboxylic acid groups (broad SMARTS) is 1. The summed E-state index contributed by atoms with van der Waals surface area (Å²) in [5.74, 6) is -0.991. The standard InChI is InChI=1S/C13H20N2O4/c1-10(9-19-3)15(6-7-18-2)12-4-5-14-8-11(12)13(16)17/h4-5,8,10H,6-7,9H2,1-3H3,(H,16,17). The van der Waals surface area contributed by atoms with Crippen LogP contribution in [0, 0.1) is 0 Å². The first kappa shape index (κ1) is 15.4. The van der Waals surface area contributed by atoms with Gasteiger partial charge in [0, 0.05) is 39.2 Å². The number of hydrogen-bond donors (Lipinski definition) is 1. The van der Waals surface area contributed by atoms with E-state index in [1.165, 1.54) is 6.20 Å². The van der Waals surface area contributed by atoms with E-state index in [4.69, 9.17) is 9.47 Å². The highest BCUT2D eigenvalue weighted by molar-refractivity contribution is 5.94. The van der Waals surface area contributed by atoms with Gasteiger partial charge in [-0.3, -0.25) is 4.98 Å². The minimum atomic E-state index is -0.991. The van der Waals surface area contributed by atoms with Gasteiger partial charge >= 0.3 is 5.97 Å². The van der Waals surface area contributed by atoms with Crippen molar-refractivity contribution >= 4 is 11.7 Å². The van der Waals surface area contributed by atoms with Crippen LogP contribution >= 0.6 is 0 Å². The van der Waals surface area contributed by atoms with Crippen LogP contribution in [0.4, 0.5) is 5.69 Å². The number of aromatic nitrogens is 1. The van der Waals surface area contributed by atoms with Crippen molar-refractivity contribution in [3.63, 3.8) is 0 Å². The molecule has 0 aliphatic rings. The number of nitrogens with zero attached hydrogens (tertiary/aromatic N) is 2. The third kappa shape index (κ3) is 4.18. The summed E-state index contributed by atoms with van der Waals surface area (Å²) in [7, 11) is 3.24. The van der Waals surface area contributed by atoms with Crippen LogP contribution in [0.25, 0.3) is 0 Å². The lowest BCUT2D eigenvalue weighted by Crippen LogP contribution is -2.39. The summed E-state index contributed by atoms with van der Waals surface area (Å²) in [6, 6.07) is 1.74. The summed E-state index contributed by atoms with van der Waals surface area (Å²) in [6.07, 6.45) is 2.94. The molecule has 1 unspecified atom stereocenters. The van der Waals surface area contributed by atoms with Crippen LogP contribution in [0.5, 0.6) is 0 Å². The minimum Gasteiger partial charge on any atom is -0.478 e. The molecule has 19 heavy (non-hydrogen) atoms. The number of carboxylic acids is 1. The second-order valence-electron chi connectivity index (χ2n) is 4.19. The second kappa shape index (κ2) is 7.70. The van der Waals surface area contributed by atoms with Crippen LogP contribution in [0.3, 0.4) is 0 Å². The molecule has 0 bridgehead atoms. The number of pyridine rings is 1. The molecule has 0 amide bonds. The van der Waals surface area contributed by atoms with Crippen molar-refractivity contribution in [1.29, 1.82) is 0 Å². The minimum absolute atomic E-state index is 0.0423. The van der Waals surface area contributed by atoms with E-state index >= 15 is 0 Å². The summed E-state index contributed by atoms with van der Waals surface area (Å²) in [5.41, 5.74) is 0.811. The maximum atomic E-state index is 11.3. The molecule has 6 heteroatoms. The van der Waals surface area contributed by atoms with Gasteiger partial charge in [-0.2, -0.15) is 0 Å². The van der Waals surface area contributed by atoms with E-state index in [0.29, 0.717) is 25.4 Å². The molecule has 1 heterocycles. The van der Waals surface area contributed by atoms with Gasteiger partial charge in [0.05, 0.1) is 18.9 Å². The van der Waals surface area contributed by atoms with Crippen molar-refractivity contribution in [3.05, 3.63) is 24.0 Å². The molecule has 1 rings (SSSR count). The molecule has 0 fully saturated rings. The number of hydrogen-bond acceptors (Lipinski definition) is 5. The van der Waals surface area contributed by atoms with Gasteiger partial charge in [0.2, 0.25) is 0 Å². The van der Waals surface area contributed by atoms with Gasteiger partial charge in [-0.1, -0.05) is 0 Å². The Morgan fingerprint density at radius 1 is 1.47 bits per heavy atom. The van der Waals surface area contributed by atoms with Gasteiger partial charge in [-0.05, 0) is 13.0 Å². The SMILES string of the molecule is COCCN(c1ccncc1C(=O)O)C(C)COC. The lowest BCUT2D eigenvalue weighted by atomic mass is 10.1. The van der Waals surface area contributed by atoms with Crippen molar-refractivity contribution in [2.75, 3.05) is 38.9 Å². The quantitative estimate of drug-likeness (QED) is 0.765. The Morgan fingerprint density at radius 2 is 2.21 bits per heavy atom. The molecule has 0 aromatic carbocycles. The van der Waals surface area contributed by atoms with Gasteiger partial charge in [0.15, 0.2) is 0 Å². The fourth-order valence-corrected chi connectivity index (χ4v) is 1.90. The van der Waals surface area contributed by atoms with Crippen LogP contribution in [-0.2, 0) is 9.47 Å². The molecule has 1 aromatic rings. The molecule has 6 nitrogen and oxygen atoms in total. The third-order valence-corrected chi connectivity index (χ3v) is 2.81. The molecule has 0 aliphatic carbocycles. The average Bonchev–Trinajstić information content (AvgIpc) is 2.40. The first-order chi connectivity index (χ1) is 9.11. The van der Waals surface area contributed by atoms with E-state index in [0.717, 1.165) is 0 Å². The zero-order valence-electron chi connectivity index (χ0n) is 11.5. The highest BCUT2D eigenvalue weighted by atomic mass is 16.5. The average molecular weight is 268 g/mol. The lowest BCUT2D eigenvalue weighted by Gasteiger charge is -2.31. The maximum Gasteiger partial charge on any atom is 0.339 e. The van der Waals surface area contributed by atoms with Gasteiger partial charge in [0.25, 0.3) is 0 Å². The zero-order chi connectivity index (χ0) is 14.3. The summed E-state index contributed by atoms with van der Waals surface area (Å²) in [6.45, 7) is 3.58. The Bertz CT molecular complexity index is 411. The van der Waals surface area contributed by atoms with Gasteiger partial charge in [-0.15, -0.1) is 0 Å². The van der Waals surface area contributed by atoms with E-state index in [1.807, 2.05) is 11.8 Å². The van der Waals surface area contributed by atoms with Crippen LogP contribution in [0.1, 0.15) is 17.3 Å². The molecule has 0 radical (unpaired) electrons. The normalized spacial score (nSPS) is 12.2. The van der Waals surface area contributed by atoms with E-state index in [1.54, 1.807) is 26.5 Å². The van der Waals surface area contributed by atoms with Gasteiger partial charge in [0.1, 0.15) is 5.56 Å². The van der Waals surface area contributed by atoms with Crippen molar-refractivity contribution < 1.29 is 19.4 Å². The molecular weight excluding hydrogens is 248 g/mol.